The maximum atomic E-state index is 4.82. The van der Waals surface area contributed by atoms with Crippen LogP contribution in [0.25, 0.3) is 11.8 Å². The molecule has 0 aromatic carbocycles. The van der Waals surface area contributed by atoms with Crippen molar-refractivity contribution in [2.45, 2.75) is 46.6 Å². The summed E-state index contributed by atoms with van der Waals surface area (Å²) in [6.45, 7) is 14.9. The number of nitrogens with zero attached hydrogens (tertiary/aromatic N) is 4. The lowest BCUT2D eigenvalue weighted by Crippen LogP contribution is -2.35. The molecule has 1 N–H and O–H groups in total. The van der Waals surface area contributed by atoms with Crippen LogP contribution in [0.1, 0.15) is 62.2 Å². The first kappa shape index (κ1) is 19.1. The number of allylic oxidation sites excluding steroid dienone is 1. The second kappa shape index (κ2) is 8.33. The second-order valence-corrected chi connectivity index (χ2v) is 7.19. The lowest BCUT2D eigenvalue weighted by Gasteiger charge is -2.35. The number of aromatic nitrogens is 3. The first-order chi connectivity index (χ1) is 13.0. The Kier molecular flexibility index (Phi) is 5.89. The SMILES string of the molecule is C=C(c1nc(NC(C)c2cccnc2)nc(/C=C(/C)CC)c1C)N1CCC1. The molecule has 27 heavy (non-hydrogen) atoms. The van der Waals surface area contributed by atoms with Gasteiger partial charge in [0.1, 0.15) is 0 Å². The molecule has 1 aliphatic rings. The summed E-state index contributed by atoms with van der Waals surface area (Å²) in [5.74, 6) is 0.628. The van der Waals surface area contributed by atoms with Crippen LogP contribution in [0.15, 0.2) is 36.7 Å². The molecule has 3 rings (SSSR count). The Labute approximate surface area is 162 Å². The van der Waals surface area contributed by atoms with Gasteiger partial charge in [0.2, 0.25) is 5.95 Å². The molecular formula is C22H29N5. The van der Waals surface area contributed by atoms with Crippen LogP contribution in [0, 0.1) is 6.92 Å². The molecule has 1 atom stereocenters. The van der Waals surface area contributed by atoms with Gasteiger partial charge in [0.25, 0.3) is 0 Å². The first-order valence-electron chi connectivity index (χ1n) is 9.66. The topological polar surface area (TPSA) is 53.9 Å². The van der Waals surface area contributed by atoms with E-state index in [9.17, 15) is 0 Å². The summed E-state index contributed by atoms with van der Waals surface area (Å²) in [6, 6.07) is 4.07. The van der Waals surface area contributed by atoms with Gasteiger partial charge in [-0.05, 0) is 51.3 Å². The van der Waals surface area contributed by atoms with Crippen LogP contribution in [0.5, 0.6) is 0 Å². The molecule has 0 amide bonds. The summed E-state index contributed by atoms with van der Waals surface area (Å²) in [5.41, 5.74) is 6.36. The highest BCUT2D eigenvalue weighted by Crippen LogP contribution is 2.28. The van der Waals surface area contributed by atoms with E-state index in [0.29, 0.717) is 5.95 Å². The van der Waals surface area contributed by atoms with E-state index in [-0.39, 0.29) is 6.04 Å². The minimum Gasteiger partial charge on any atom is -0.370 e. The van der Waals surface area contributed by atoms with E-state index in [1.807, 2.05) is 12.3 Å². The maximum Gasteiger partial charge on any atom is 0.224 e. The van der Waals surface area contributed by atoms with Crippen LogP contribution in [-0.4, -0.2) is 32.9 Å². The molecule has 1 fully saturated rings. The number of nitrogens with one attached hydrogen (secondary N) is 1. The number of pyridine rings is 1. The number of hydrogen-bond acceptors (Lipinski definition) is 5. The van der Waals surface area contributed by atoms with Crippen molar-refractivity contribution in [3.05, 3.63) is 59.2 Å². The van der Waals surface area contributed by atoms with Crippen molar-refractivity contribution in [3.8, 4) is 0 Å². The van der Waals surface area contributed by atoms with Gasteiger partial charge >= 0.3 is 0 Å². The van der Waals surface area contributed by atoms with E-state index in [1.165, 1.54) is 12.0 Å². The van der Waals surface area contributed by atoms with Crippen LogP contribution in [0.3, 0.4) is 0 Å². The fourth-order valence-corrected chi connectivity index (χ4v) is 3.00. The summed E-state index contributed by atoms with van der Waals surface area (Å²) in [5, 5.41) is 3.44. The Morgan fingerprint density at radius 1 is 1.37 bits per heavy atom. The van der Waals surface area contributed by atoms with Gasteiger partial charge in [0, 0.05) is 31.0 Å². The molecule has 0 aliphatic carbocycles. The molecule has 5 heteroatoms. The fourth-order valence-electron chi connectivity index (χ4n) is 3.00. The highest BCUT2D eigenvalue weighted by atomic mass is 15.2. The number of anilines is 1. The summed E-state index contributed by atoms with van der Waals surface area (Å²) in [7, 11) is 0. The van der Waals surface area contributed by atoms with Crippen LogP contribution < -0.4 is 5.32 Å². The van der Waals surface area contributed by atoms with Crippen molar-refractivity contribution in [1.29, 1.82) is 0 Å². The normalized spacial score (nSPS) is 15.3. The number of likely N-dealkylation sites (tertiary alicyclic amines) is 1. The van der Waals surface area contributed by atoms with Crippen molar-refractivity contribution < 1.29 is 0 Å². The lowest BCUT2D eigenvalue weighted by atomic mass is 10.1. The third-order valence-corrected chi connectivity index (χ3v) is 5.17. The average Bonchev–Trinajstić information content (AvgIpc) is 2.63. The molecule has 5 nitrogen and oxygen atoms in total. The molecule has 1 aliphatic heterocycles. The molecule has 2 aromatic rings. The zero-order valence-corrected chi connectivity index (χ0v) is 16.8. The highest BCUT2D eigenvalue weighted by molar-refractivity contribution is 5.68. The summed E-state index contributed by atoms with van der Waals surface area (Å²) < 4.78 is 0. The van der Waals surface area contributed by atoms with Gasteiger partial charge in [-0.3, -0.25) is 4.98 Å². The molecule has 0 bridgehead atoms. The highest BCUT2D eigenvalue weighted by Gasteiger charge is 2.21. The van der Waals surface area contributed by atoms with Crippen LogP contribution in [-0.2, 0) is 0 Å². The van der Waals surface area contributed by atoms with E-state index in [2.05, 4.69) is 61.6 Å². The van der Waals surface area contributed by atoms with Gasteiger partial charge < -0.3 is 10.2 Å². The van der Waals surface area contributed by atoms with E-state index in [4.69, 9.17) is 9.97 Å². The maximum absolute atomic E-state index is 4.82. The summed E-state index contributed by atoms with van der Waals surface area (Å²) in [6.07, 6.45) is 8.02. The first-order valence-corrected chi connectivity index (χ1v) is 9.66. The van der Waals surface area contributed by atoms with Crippen LogP contribution >= 0.6 is 0 Å². The molecule has 1 saturated heterocycles. The Balaban J connectivity index is 1.97. The monoisotopic (exact) mass is 363 g/mol. The van der Waals surface area contributed by atoms with Gasteiger partial charge in [-0.15, -0.1) is 0 Å². The van der Waals surface area contributed by atoms with Gasteiger partial charge in [0.05, 0.1) is 23.1 Å². The summed E-state index contributed by atoms with van der Waals surface area (Å²) in [4.78, 5) is 16.1. The Bertz CT molecular complexity index is 837. The van der Waals surface area contributed by atoms with E-state index in [0.717, 1.165) is 47.7 Å². The van der Waals surface area contributed by atoms with Gasteiger partial charge in [-0.25, -0.2) is 9.97 Å². The summed E-state index contributed by atoms with van der Waals surface area (Å²) >= 11 is 0. The molecule has 3 heterocycles. The largest absolute Gasteiger partial charge is 0.370 e. The smallest absolute Gasteiger partial charge is 0.224 e. The van der Waals surface area contributed by atoms with Crippen LogP contribution in [0.4, 0.5) is 5.95 Å². The minimum absolute atomic E-state index is 0.0654. The van der Waals surface area contributed by atoms with E-state index < -0.39 is 0 Å². The zero-order chi connectivity index (χ0) is 19.4. The van der Waals surface area contributed by atoms with Crippen molar-refractivity contribution in [1.82, 2.24) is 19.9 Å². The number of hydrogen-bond donors (Lipinski definition) is 1. The van der Waals surface area contributed by atoms with Gasteiger partial charge in [-0.1, -0.05) is 25.1 Å². The van der Waals surface area contributed by atoms with Crippen molar-refractivity contribution >= 4 is 17.7 Å². The number of rotatable bonds is 7. The Morgan fingerprint density at radius 2 is 2.15 bits per heavy atom. The average molecular weight is 364 g/mol. The van der Waals surface area contributed by atoms with E-state index in [1.54, 1.807) is 6.20 Å². The Morgan fingerprint density at radius 3 is 2.74 bits per heavy atom. The van der Waals surface area contributed by atoms with E-state index >= 15 is 0 Å². The molecule has 0 radical (unpaired) electrons. The minimum atomic E-state index is 0.0654. The third-order valence-electron chi connectivity index (χ3n) is 5.17. The van der Waals surface area contributed by atoms with Crippen molar-refractivity contribution in [2.75, 3.05) is 18.4 Å². The predicted molar refractivity (Wildman–Crippen MR) is 112 cm³/mol. The predicted octanol–water partition coefficient (Wildman–Crippen LogP) is 4.84. The third kappa shape index (κ3) is 4.35. The molecule has 1 unspecified atom stereocenters. The quantitative estimate of drug-likeness (QED) is 0.762. The lowest BCUT2D eigenvalue weighted by molar-refractivity contribution is 0.281. The molecule has 0 spiro atoms. The molecule has 0 saturated carbocycles. The van der Waals surface area contributed by atoms with Gasteiger partial charge in [-0.2, -0.15) is 0 Å². The van der Waals surface area contributed by atoms with Gasteiger partial charge in [0.15, 0.2) is 0 Å². The zero-order valence-electron chi connectivity index (χ0n) is 16.8. The Hall–Kier alpha value is -2.69. The molecule has 142 valence electrons. The van der Waals surface area contributed by atoms with Crippen molar-refractivity contribution in [3.63, 3.8) is 0 Å². The standard InChI is InChI=1S/C22H29N5/c1-6-15(2)13-20-16(3)21(18(5)27-11-8-12-27)26-22(25-20)24-17(4)19-9-7-10-23-14-19/h7,9-10,13-14,17H,5-6,8,11-12H2,1-4H3,(H,24,25,26)/b15-13-. The fraction of sp³-hybridized carbons (Fsp3) is 0.409. The molecular weight excluding hydrogens is 334 g/mol. The van der Waals surface area contributed by atoms with Crippen LogP contribution in [0.2, 0.25) is 0 Å². The van der Waals surface area contributed by atoms with Crippen molar-refractivity contribution in [2.24, 2.45) is 0 Å². The second-order valence-electron chi connectivity index (χ2n) is 7.19. The molecule has 2 aromatic heterocycles.